The fraction of sp³-hybridized carbons (Fsp3) is 0.824. The lowest BCUT2D eigenvalue weighted by molar-refractivity contribution is -0.162. The van der Waals surface area contributed by atoms with E-state index in [1.807, 2.05) is 0 Å². The normalized spacial score (nSPS) is 23.6. The van der Waals surface area contributed by atoms with E-state index in [1.54, 1.807) is 0 Å². The molecule has 0 fully saturated rings. The van der Waals surface area contributed by atoms with E-state index in [-0.39, 0.29) is 17.5 Å². The second-order valence-electron chi connectivity index (χ2n) is 8.16. The van der Waals surface area contributed by atoms with Gasteiger partial charge < -0.3 is 9.47 Å². The van der Waals surface area contributed by atoms with Crippen LogP contribution in [0.25, 0.3) is 0 Å². The molecule has 5 heteroatoms. The number of hydrogen-bond donors (Lipinski definition) is 0. The van der Waals surface area contributed by atoms with Gasteiger partial charge in [0, 0.05) is 6.42 Å². The van der Waals surface area contributed by atoms with Gasteiger partial charge in [0.1, 0.15) is 0 Å². The Kier molecular flexibility index (Phi) is 6.90. The molecule has 1 aliphatic rings. The van der Waals surface area contributed by atoms with Crippen LogP contribution in [0.15, 0.2) is 9.68 Å². The summed E-state index contributed by atoms with van der Waals surface area (Å²) in [5.41, 5.74) is -0.00800. The lowest BCUT2D eigenvalue weighted by Crippen LogP contribution is -2.47. The minimum Gasteiger partial charge on any atom is -0.464 e. The van der Waals surface area contributed by atoms with E-state index in [0.717, 1.165) is 28.9 Å². The van der Waals surface area contributed by atoms with E-state index in [9.17, 15) is 4.79 Å². The molecule has 0 aromatic rings. The van der Waals surface area contributed by atoms with Gasteiger partial charge in [0.25, 0.3) is 0 Å². The Hall–Kier alpha value is -0.133. The molecular weight excluding hydrogens is 360 g/mol. The number of unbranched alkanes of at least 4 members (excludes halogenated alkanes) is 1. The summed E-state index contributed by atoms with van der Waals surface area (Å²) in [6.45, 7) is 15.8. The van der Waals surface area contributed by atoms with Crippen molar-refractivity contribution in [3.8, 4) is 0 Å². The highest BCUT2D eigenvalue weighted by Gasteiger charge is 2.43. The molecule has 0 bridgehead atoms. The second kappa shape index (κ2) is 7.62. The van der Waals surface area contributed by atoms with Crippen molar-refractivity contribution in [1.82, 2.24) is 0 Å². The van der Waals surface area contributed by atoms with Crippen molar-refractivity contribution in [3.05, 3.63) is 9.68 Å². The van der Waals surface area contributed by atoms with Crippen molar-refractivity contribution in [2.24, 2.45) is 5.41 Å². The van der Waals surface area contributed by atoms with Crippen molar-refractivity contribution in [2.45, 2.75) is 78.8 Å². The third kappa shape index (κ3) is 5.20. The van der Waals surface area contributed by atoms with Crippen molar-refractivity contribution in [3.63, 3.8) is 0 Å². The molecule has 2 atom stereocenters. The van der Waals surface area contributed by atoms with Crippen molar-refractivity contribution >= 4 is 30.0 Å². The van der Waals surface area contributed by atoms with Gasteiger partial charge in [-0.1, -0.05) is 69.7 Å². The smallest absolute Gasteiger partial charge is 0.339 e. The zero-order valence-corrected chi connectivity index (χ0v) is 17.7. The van der Waals surface area contributed by atoms with E-state index in [4.69, 9.17) is 9.47 Å². The molecule has 128 valence electrons. The van der Waals surface area contributed by atoms with Gasteiger partial charge >= 0.3 is 5.97 Å². The summed E-state index contributed by atoms with van der Waals surface area (Å²) in [5, 5.41) is 1.15. The molecule has 1 rings (SSSR count). The van der Waals surface area contributed by atoms with E-state index >= 15 is 0 Å². The Labute approximate surface area is 145 Å². The van der Waals surface area contributed by atoms with Crippen LogP contribution < -0.4 is 0 Å². The van der Waals surface area contributed by atoms with Gasteiger partial charge in [-0.3, -0.25) is 0 Å². The van der Waals surface area contributed by atoms with Gasteiger partial charge in [0.05, 0.1) is 20.8 Å². The number of hydrogen-bond acceptors (Lipinski definition) is 3. The average molecular weight is 391 g/mol. The van der Waals surface area contributed by atoms with Gasteiger partial charge in [-0.25, -0.2) is 4.79 Å². The van der Waals surface area contributed by atoms with Gasteiger partial charge in [0.2, 0.25) is 0 Å². The second-order valence-corrected chi connectivity index (χ2v) is 14.2. The predicted molar refractivity (Wildman–Crippen MR) is 97.9 cm³/mol. The third-order valence-corrected chi connectivity index (χ3v) is 7.25. The largest absolute Gasteiger partial charge is 0.464 e. The van der Waals surface area contributed by atoms with Crippen molar-refractivity contribution in [1.29, 1.82) is 0 Å². The zero-order valence-electron chi connectivity index (χ0n) is 15.1. The number of halogens is 1. The first-order chi connectivity index (χ1) is 9.98. The van der Waals surface area contributed by atoms with Crippen LogP contribution >= 0.6 is 15.9 Å². The number of carbonyl (C=O) groups excluding carboxylic acids is 1. The molecule has 0 saturated carbocycles. The highest BCUT2D eigenvalue weighted by molar-refractivity contribution is 9.11. The number of rotatable bonds is 5. The van der Waals surface area contributed by atoms with Crippen LogP contribution in [0.3, 0.4) is 0 Å². The van der Waals surface area contributed by atoms with E-state index in [1.165, 1.54) is 0 Å². The lowest BCUT2D eigenvalue weighted by Gasteiger charge is -2.41. The third-order valence-electron chi connectivity index (χ3n) is 3.95. The van der Waals surface area contributed by atoms with Crippen LogP contribution in [0.4, 0.5) is 0 Å². The predicted octanol–water partition coefficient (Wildman–Crippen LogP) is 5.06. The minimum absolute atomic E-state index is 0.00800. The van der Waals surface area contributed by atoms with Gasteiger partial charge in [-0.15, -0.1) is 0 Å². The Morgan fingerprint density at radius 1 is 1.36 bits per heavy atom. The summed E-state index contributed by atoms with van der Waals surface area (Å²) in [5.74, 6) is -0.225. The molecule has 0 N–H and O–H groups in total. The fourth-order valence-electron chi connectivity index (χ4n) is 2.57. The maximum atomic E-state index is 12.6. The standard InChI is InChI=1S/C17H31BrO3Si/c1-8-9-10-20-16(19)14-15(22(5,6)7)12(18)11-13(21-14)17(2,3)4/h13-14H,8-11H2,1-7H3/t13-,14-/m1/s1. The summed E-state index contributed by atoms with van der Waals surface area (Å²) >= 11 is 3.74. The van der Waals surface area contributed by atoms with E-state index in [2.05, 4.69) is 63.3 Å². The van der Waals surface area contributed by atoms with Crippen LogP contribution in [-0.4, -0.2) is 32.9 Å². The van der Waals surface area contributed by atoms with Crippen LogP contribution in [0.5, 0.6) is 0 Å². The van der Waals surface area contributed by atoms with Crippen LogP contribution in [-0.2, 0) is 14.3 Å². The highest BCUT2D eigenvalue weighted by atomic mass is 79.9. The average Bonchev–Trinajstić information content (AvgIpc) is 2.35. The van der Waals surface area contributed by atoms with Gasteiger partial charge in [-0.2, -0.15) is 0 Å². The number of carbonyl (C=O) groups is 1. The Bertz CT molecular complexity index is 432. The number of esters is 1. The van der Waals surface area contributed by atoms with E-state index in [0.29, 0.717) is 6.61 Å². The first-order valence-electron chi connectivity index (χ1n) is 8.19. The number of ether oxygens (including phenoxy) is 2. The molecule has 0 amide bonds. The molecule has 0 aliphatic carbocycles. The summed E-state index contributed by atoms with van der Waals surface area (Å²) in [6, 6.07) is 0. The molecule has 0 aromatic heterocycles. The van der Waals surface area contributed by atoms with Crippen molar-refractivity contribution < 1.29 is 14.3 Å². The molecular formula is C17H31BrO3Si. The first kappa shape index (κ1) is 19.9. The summed E-state index contributed by atoms with van der Waals surface area (Å²) in [4.78, 5) is 12.6. The molecule has 0 spiro atoms. The SMILES string of the molecule is CCCCOC(=O)[C@@H]1O[C@@H](C(C)(C)C)CC(Br)=C1[Si](C)(C)C. The Balaban J connectivity index is 3.06. The fourth-order valence-corrected chi connectivity index (χ4v) is 6.75. The van der Waals surface area contributed by atoms with Crippen LogP contribution in [0.2, 0.25) is 19.6 Å². The zero-order chi connectivity index (χ0) is 17.1. The molecule has 0 radical (unpaired) electrons. The maximum Gasteiger partial charge on any atom is 0.339 e. The molecule has 3 nitrogen and oxygen atoms in total. The Morgan fingerprint density at radius 3 is 2.41 bits per heavy atom. The molecule has 22 heavy (non-hydrogen) atoms. The minimum atomic E-state index is -1.67. The summed E-state index contributed by atoms with van der Waals surface area (Å²) in [7, 11) is -1.67. The molecule has 1 heterocycles. The molecule has 0 saturated heterocycles. The summed E-state index contributed by atoms with van der Waals surface area (Å²) in [6.07, 6.45) is 2.22. The summed E-state index contributed by atoms with van der Waals surface area (Å²) < 4.78 is 12.8. The molecule has 1 aliphatic heterocycles. The van der Waals surface area contributed by atoms with Gasteiger partial charge in [-0.05, 0) is 21.5 Å². The molecule has 0 aromatic carbocycles. The monoisotopic (exact) mass is 390 g/mol. The maximum absolute atomic E-state index is 12.6. The Morgan fingerprint density at radius 2 is 1.95 bits per heavy atom. The van der Waals surface area contributed by atoms with Crippen LogP contribution in [0, 0.1) is 5.41 Å². The van der Waals surface area contributed by atoms with Gasteiger partial charge in [0.15, 0.2) is 6.10 Å². The van der Waals surface area contributed by atoms with Crippen LogP contribution in [0.1, 0.15) is 47.0 Å². The first-order valence-corrected chi connectivity index (χ1v) is 12.5. The topological polar surface area (TPSA) is 35.5 Å². The lowest BCUT2D eigenvalue weighted by atomic mass is 9.85. The quantitative estimate of drug-likeness (QED) is 0.373. The molecule has 0 unspecified atom stereocenters. The highest BCUT2D eigenvalue weighted by Crippen LogP contribution is 2.41. The van der Waals surface area contributed by atoms with E-state index < -0.39 is 14.2 Å². The van der Waals surface area contributed by atoms with Crippen molar-refractivity contribution in [2.75, 3.05) is 6.61 Å².